The third-order valence-electron chi connectivity index (χ3n) is 11.8. The zero-order valence-corrected chi connectivity index (χ0v) is 33.6. The third-order valence-corrected chi connectivity index (χ3v) is 16.8. The number of hydrogen-bond donors (Lipinski definition) is 2. The van der Waals surface area contributed by atoms with Crippen LogP contribution in [0.1, 0.15) is 11.1 Å². The molecule has 1 unspecified atom stereocenters. The topological polar surface area (TPSA) is 87.1 Å². The predicted molar refractivity (Wildman–Crippen MR) is 233 cm³/mol. The molecule has 0 aliphatic carbocycles. The van der Waals surface area contributed by atoms with Crippen LogP contribution in [0.4, 0.5) is 51.2 Å². The van der Waals surface area contributed by atoms with E-state index in [-0.39, 0.29) is 13.2 Å². The van der Waals surface area contributed by atoms with Crippen molar-refractivity contribution in [2.45, 2.75) is 13.2 Å². The number of benzene rings is 7. The third kappa shape index (κ3) is 5.02. The summed E-state index contributed by atoms with van der Waals surface area (Å²) in [7, 11) is 3.46. The molecule has 0 fully saturated rings. The summed E-state index contributed by atoms with van der Waals surface area (Å²) >= 11 is 0. The Labute approximate surface area is 338 Å². The first-order valence-electron chi connectivity index (χ1n) is 19.1. The molecule has 0 amide bonds. The largest absolute Gasteiger partial charge is 0.497 e. The fourth-order valence-electron chi connectivity index (χ4n) is 9.31. The molecule has 7 aromatic carbocycles. The SMILES string of the molecule is COc1ccc(N2c3cc(CO)cc4c3[Si]3(c5ccccc5)c5c(cc(OC)cc5N(c5ccc(OC)cc5)c5cc(OC)cc2c53)N4c2ccc(CO)cc2)cc1. The minimum Gasteiger partial charge on any atom is -0.497 e. The van der Waals surface area contributed by atoms with Crippen LogP contribution in [0.5, 0.6) is 23.0 Å². The Kier molecular flexibility index (Phi) is 8.45. The van der Waals surface area contributed by atoms with Crippen molar-refractivity contribution in [2.75, 3.05) is 43.1 Å². The molecular formula is C48H41N3O6Si. The smallest absolute Gasteiger partial charge is 0.194 e. The summed E-state index contributed by atoms with van der Waals surface area (Å²) in [5.74, 6) is 2.92. The van der Waals surface area contributed by atoms with E-state index < -0.39 is 8.07 Å². The van der Waals surface area contributed by atoms with E-state index in [0.29, 0.717) is 11.5 Å². The number of aliphatic hydroxyl groups is 2. The fraction of sp³-hybridized carbons (Fsp3) is 0.125. The summed E-state index contributed by atoms with van der Waals surface area (Å²) in [5.41, 5.74) is 10.3. The van der Waals surface area contributed by atoms with Gasteiger partial charge in [0.15, 0.2) is 8.07 Å². The molecule has 9 nitrogen and oxygen atoms in total. The maximum Gasteiger partial charge on any atom is 0.194 e. The summed E-state index contributed by atoms with van der Waals surface area (Å²) in [6, 6.07) is 48.3. The van der Waals surface area contributed by atoms with Gasteiger partial charge in [-0.3, -0.25) is 0 Å². The lowest BCUT2D eigenvalue weighted by Crippen LogP contribution is -2.81. The van der Waals surface area contributed by atoms with Crippen molar-refractivity contribution in [1.82, 2.24) is 0 Å². The Morgan fingerprint density at radius 2 is 0.741 bits per heavy atom. The fourth-order valence-corrected chi connectivity index (χ4v) is 15.0. The van der Waals surface area contributed by atoms with Gasteiger partial charge in [0, 0.05) is 68.3 Å². The number of methoxy groups -OCH3 is 4. The van der Waals surface area contributed by atoms with E-state index >= 15 is 0 Å². The predicted octanol–water partition coefficient (Wildman–Crippen LogP) is 7.43. The Bertz CT molecular complexity index is 2360. The molecule has 3 aliphatic rings. The molecule has 0 aromatic heterocycles. The van der Waals surface area contributed by atoms with Gasteiger partial charge in [-0.15, -0.1) is 0 Å². The maximum absolute atomic E-state index is 11.1. The van der Waals surface area contributed by atoms with E-state index in [1.807, 2.05) is 36.4 Å². The second kappa shape index (κ2) is 13.7. The lowest BCUT2D eigenvalue weighted by atomic mass is 10.0. The molecule has 10 heteroatoms. The van der Waals surface area contributed by atoms with E-state index in [2.05, 4.69) is 118 Å². The van der Waals surface area contributed by atoms with Crippen molar-refractivity contribution in [1.29, 1.82) is 0 Å². The number of ether oxygens (including phenoxy) is 4. The highest BCUT2D eigenvalue weighted by Gasteiger charge is 2.60. The van der Waals surface area contributed by atoms with Gasteiger partial charge < -0.3 is 43.9 Å². The highest BCUT2D eigenvalue weighted by Crippen LogP contribution is 2.55. The Morgan fingerprint density at radius 3 is 1.09 bits per heavy atom. The zero-order valence-electron chi connectivity index (χ0n) is 32.6. The first-order valence-corrected chi connectivity index (χ1v) is 21.1. The van der Waals surface area contributed by atoms with Crippen LogP contribution in [0.15, 0.2) is 140 Å². The van der Waals surface area contributed by atoms with Gasteiger partial charge in [-0.25, -0.2) is 0 Å². The molecule has 288 valence electrons. The van der Waals surface area contributed by atoms with Crippen molar-refractivity contribution >= 4 is 80.0 Å². The van der Waals surface area contributed by atoms with Crippen molar-refractivity contribution in [3.05, 3.63) is 151 Å². The summed E-state index contributed by atoms with van der Waals surface area (Å²) in [5, 5.41) is 26.0. The Morgan fingerprint density at radius 1 is 0.397 bits per heavy atom. The van der Waals surface area contributed by atoms with E-state index in [1.54, 1.807) is 28.4 Å². The minimum absolute atomic E-state index is 0.0646. The molecule has 0 saturated heterocycles. The van der Waals surface area contributed by atoms with E-state index in [1.165, 1.54) is 20.7 Å². The zero-order chi connectivity index (χ0) is 39.7. The van der Waals surface area contributed by atoms with Crippen molar-refractivity contribution < 1.29 is 29.2 Å². The number of rotatable bonds is 10. The summed E-state index contributed by atoms with van der Waals surface area (Å²) in [4.78, 5) is 6.98. The van der Waals surface area contributed by atoms with Crippen molar-refractivity contribution in [2.24, 2.45) is 0 Å². The van der Waals surface area contributed by atoms with Gasteiger partial charge in [-0.05, 0) is 89.1 Å². The molecule has 3 heterocycles. The van der Waals surface area contributed by atoms with E-state index in [9.17, 15) is 10.2 Å². The maximum atomic E-state index is 11.1. The van der Waals surface area contributed by atoms with Gasteiger partial charge >= 0.3 is 0 Å². The van der Waals surface area contributed by atoms with Gasteiger partial charge in [-0.2, -0.15) is 0 Å². The average Bonchev–Trinajstić information content (AvgIpc) is 3.29. The molecule has 58 heavy (non-hydrogen) atoms. The highest BCUT2D eigenvalue weighted by atomic mass is 28.3. The molecule has 0 bridgehead atoms. The minimum atomic E-state index is -3.32. The molecular weight excluding hydrogens is 743 g/mol. The molecule has 3 aliphatic heterocycles. The second-order valence-corrected chi connectivity index (χ2v) is 18.2. The van der Waals surface area contributed by atoms with Crippen LogP contribution < -0.4 is 54.4 Å². The number of hydrogen-bond acceptors (Lipinski definition) is 9. The first kappa shape index (κ1) is 35.7. The molecule has 0 saturated carbocycles. The van der Waals surface area contributed by atoms with E-state index in [4.69, 9.17) is 18.9 Å². The lowest BCUT2D eigenvalue weighted by molar-refractivity contribution is 0.281. The average molecular weight is 784 g/mol. The van der Waals surface area contributed by atoms with Crippen molar-refractivity contribution in [3.63, 3.8) is 0 Å². The summed E-state index contributed by atoms with van der Waals surface area (Å²) < 4.78 is 23.6. The van der Waals surface area contributed by atoms with Gasteiger partial charge in [0.1, 0.15) is 23.0 Å². The van der Waals surface area contributed by atoms with Crippen LogP contribution in [-0.4, -0.2) is 46.7 Å². The van der Waals surface area contributed by atoms with Crippen LogP contribution >= 0.6 is 0 Å². The number of aliphatic hydroxyl groups excluding tert-OH is 2. The molecule has 2 N–H and O–H groups in total. The van der Waals surface area contributed by atoms with Crippen LogP contribution in [-0.2, 0) is 13.2 Å². The first-order chi connectivity index (χ1) is 28.5. The molecule has 0 radical (unpaired) electrons. The Hall–Kier alpha value is -6.72. The standard InChI is InChI=1S/C48H41N3O6Si/c1-54-35-18-14-33(15-19-35)50-41-23-31(29-53)22-40-46(41)58(39-8-6-5-7-9-39)47-42(49(40)32-12-10-30(28-52)11-13-32)24-37(56-3)26-44(47)51(34-16-20-36(55-2)21-17-34)45-27-38(57-4)25-43(50)48(45)58/h5-27,52-53H,28-29H2,1-4H3. The van der Waals surface area contributed by atoms with Gasteiger partial charge in [0.2, 0.25) is 0 Å². The molecule has 10 rings (SSSR count). The van der Waals surface area contributed by atoms with Crippen LogP contribution in [0.3, 0.4) is 0 Å². The summed E-state index contributed by atoms with van der Waals surface area (Å²) in [6.45, 7) is -0.226. The monoisotopic (exact) mass is 783 g/mol. The van der Waals surface area contributed by atoms with Gasteiger partial charge in [0.05, 0.1) is 64.4 Å². The molecule has 7 aromatic rings. The van der Waals surface area contributed by atoms with Gasteiger partial charge in [-0.1, -0.05) is 42.5 Å². The number of nitrogens with zero attached hydrogens (tertiary/aromatic N) is 3. The van der Waals surface area contributed by atoms with Crippen LogP contribution in [0, 0.1) is 0 Å². The molecule has 0 spiro atoms. The van der Waals surface area contributed by atoms with Crippen LogP contribution in [0.25, 0.3) is 0 Å². The highest BCUT2D eigenvalue weighted by molar-refractivity contribution is 7.24. The second-order valence-electron chi connectivity index (χ2n) is 14.6. The van der Waals surface area contributed by atoms with Crippen molar-refractivity contribution in [3.8, 4) is 23.0 Å². The lowest BCUT2D eigenvalue weighted by Gasteiger charge is -2.55. The number of anilines is 9. The van der Waals surface area contributed by atoms with E-state index in [0.717, 1.165) is 73.8 Å². The molecule has 1 atom stereocenters. The van der Waals surface area contributed by atoms with Gasteiger partial charge in [0.25, 0.3) is 0 Å². The normalized spacial score (nSPS) is 15.5. The Balaban J connectivity index is 1.45. The quantitative estimate of drug-likeness (QED) is 0.138. The summed E-state index contributed by atoms with van der Waals surface area (Å²) in [6.07, 6.45) is 0. The van der Waals surface area contributed by atoms with Crippen LogP contribution in [0.2, 0.25) is 0 Å².